The molecule has 0 radical (unpaired) electrons. The molecule has 0 aliphatic carbocycles. The van der Waals surface area contributed by atoms with E-state index >= 15 is 0 Å². The van der Waals surface area contributed by atoms with Crippen molar-refractivity contribution in [3.63, 3.8) is 0 Å². The van der Waals surface area contributed by atoms with Crippen molar-refractivity contribution in [1.29, 1.82) is 0 Å². The van der Waals surface area contributed by atoms with Crippen LogP contribution in [0.3, 0.4) is 0 Å². The molecule has 1 atom stereocenters. The van der Waals surface area contributed by atoms with E-state index in [1.165, 1.54) is 6.07 Å². The number of ether oxygens (including phenoxy) is 2. The summed E-state index contributed by atoms with van der Waals surface area (Å²) in [7, 11) is 0. The lowest BCUT2D eigenvalue weighted by molar-refractivity contribution is -0.205. The number of rotatable bonds is 5. The number of nitrogens with two attached hydrogens (primary N) is 1. The molecule has 0 spiro atoms. The van der Waals surface area contributed by atoms with E-state index in [-0.39, 0.29) is 11.5 Å². The van der Waals surface area contributed by atoms with Crippen LogP contribution in [0.25, 0.3) is 0 Å². The summed E-state index contributed by atoms with van der Waals surface area (Å²) in [6, 6.07) is 6.22. The minimum atomic E-state index is -5.08. The van der Waals surface area contributed by atoms with Crippen molar-refractivity contribution in [2.75, 3.05) is 6.61 Å². The lowest BCUT2D eigenvalue weighted by Gasteiger charge is -2.18. The molecule has 0 heterocycles. The Balaban J connectivity index is 2.82. The molecule has 2 N–H and O–H groups in total. The number of hydrogen-bond acceptors (Lipinski definition) is 4. The van der Waals surface area contributed by atoms with Gasteiger partial charge >= 0.3 is 12.1 Å². The Bertz CT molecular complexity index is 460. The van der Waals surface area contributed by atoms with Crippen LogP contribution in [0.1, 0.15) is 25.6 Å². The van der Waals surface area contributed by atoms with Gasteiger partial charge in [-0.1, -0.05) is 32.0 Å². The number of para-hydroxylation sites is 1. The second kappa shape index (κ2) is 6.60. The van der Waals surface area contributed by atoms with Crippen LogP contribution in [0.15, 0.2) is 24.3 Å². The van der Waals surface area contributed by atoms with Crippen molar-refractivity contribution in [1.82, 2.24) is 0 Å². The maximum Gasteiger partial charge on any atom is 0.490 e. The molecule has 0 fully saturated rings. The Kier molecular flexibility index (Phi) is 5.38. The van der Waals surface area contributed by atoms with Crippen molar-refractivity contribution in [2.24, 2.45) is 11.7 Å². The lowest BCUT2D eigenvalue weighted by Crippen LogP contribution is -2.30. The first-order chi connectivity index (χ1) is 9.21. The highest BCUT2D eigenvalue weighted by molar-refractivity contribution is 5.75. The zero-order valence-corrected chi connectivity index (χ0v) is 11.1. The van der Waals surface area contributed by atoms with Gasteiger partial charge in [0.05, 0.1) is 6.61 Å². The van der Waals surface area contributed by atoms with Gasteiger partial charge in [-0.2, -0.15) is 13.2 Å². The Hall–Kier alpha value is -1.76. The number of benzene rings is 1. The van der Waals surface area contributed by atoms with E-state index in [1.807, 2.05) is 13.8 Å². The lowest BCUT2D eigenvalue weighted by atomic mass is 10.1. The molecule has 0 aliphatic rings. The molecule has 1 rings (SSSR count). The quantitative estimate of drug-likeness (QED) is 0.669. The third kappa shape index (κ3) is 4.73. The number of esters is 1. The van der Waals surface area contributed by atoms with Gasteiger partial charge in [0.1, 0.15) is 5.75 Å². The summed E-state index contributed by atoms with van der Waals surface area (Å²) in [5.41, 5.74) is 5.66. The van der Waals surface area contributed by atoms with Gasteiger partial charge in [0.2, 0.25) is 0 Å². The van der Waals surface area contributed by atoms with Crippen LogP contribution in [-0.4, -0.2) is 18.8 Å². The zero-order chi connectivity index (χ0) is 15.3. The highest BCUT2D eigenvalue weighted by Crippen LogP contribution is 2.27. The van der Waals surface area contributed by atoms with Gasteiger partial charge in [-0.25, -0.2) is 4.79 Å². The highest BCUT2D eigenvalue weighted by atomic mass is 19.4. The summed E-state index contributed by atoms with van der Waals surface area (Å²) in [5, 5.41) is 0. The van der Waals surface area contributed by atoms with E-state index < -0.39 is 18.4 Å². The van der Waals surface area contributed by atoms with Crippen LogP contribution in [0.2, 0.25) is 0 Å². The molecule has 0 amide bonds. The maximum atomic E-state index is 12.1. The summed E-state index contributed by atoms with van der Waals surface area (Å²) >= 11 is 0. The predicted octanol–water partition coefficient (Wildman–Crippen LogP) is 2.78. The smallest absolute Gasteiger partial charge is 0.490 e. The monoisotopic (exact) mass is 291 g/mol. The molecular formula is C13H16F3NO3. The molecule has 1 unspecified atom stereocenters. The normalized spacial score (nSPS) is 13.2. The SMILES string of the molecule is CC(C)COc1ccccc1C(N)OC(=O)C(F)(F)F. The van der Waals surface area contributed by atoms with Gasteiger partial charge in [-0.3, -0.25) is 5.73 Å². The van der Waals surface area contributed by atoms with E-state index in [1.54, 1.807) is 18.2 Å². The van der Waals surface area contributed by atoms with E-state index in [0.29, 0.717) is 12.4 Å². The Labute approximate surface area is 114 Å². The molecule has 0 aromatic heterocycles. The molecule has 20 heavy (non-hydrogen) atoms. The van der Waals surface area contributed by atoms with Crippen molar-refractivity contribution in [3.8, 4) is 5.75 Å². The molecule has 0 bridgehead atoms. The third-order valence-corrected chi connectivity index (χ3v) is 2.26. The van der Waals surface area contributed by atoms with Gasteiger partial charge < -0.3 is 9.47 Å². The van der Waals surface area contributed by atoms with Crippen LogP contribution in [0.5, 0.6) is 5.75 Å². The number of hydrogen-bond donors (Lipinski definition) is 1. The van der Waals surface area contributed by atoms with Crippen LogP contribution in [-0.2, 0) is 9.53 Å². The highest BCUT2D eigenvalue weighted by Gasteiger charge is 2.42. The number of halogens is 3. The molecule has 4 nitrogen and oxygen atoms in total. The van der Waals surface area contributed by atoms with E-state index in [2.05, 4.69) is 4.74 Å². The van der Waals surface area contributed by atoms with Crippen molar-refractivity contribution in [3.05, 3.63) is 29.8 Å². The molecular weight excluding hydrogens is 275 g/mol. The Morgan fingerprint density at radius 3 is 2.45 bits per heavy atom. The first kappa shape index (κ1) is 16.3. The second-order valence-electron chi connectivity index (χ2n) is 4.57. The minimum Gasteiger partial charge on any atom is -0.493 e. The van der Waals surface area contributed by atoms with E-state index in [0.717, 1.165) is 0 Å². The first-order valence-corrected chi connectivity index (χ1v) is 5.97. The van der Waals surface area contributed by atoms with Crippen LogP contribution >= 0.6 is 0 Å². The number of carbonyl (C=O) groups excluding carboxylic acids is 1. The van der Waals surface area contributed by atoms with Gasteiger partial charge in [-0.05, 0) is 12.0 Å². The maximum absolute atomic E-state index is 12.1. The van der Waals surface area contributed by atoms with E-state index in [9.17, 15) is 18.0 Å². The number of alkyl halides is 3. The average Bonchev–Trinajstić information content (AvgIpc) is 2.35. The Morgan fingerprint density at radius 2 is 1.90 bits per heavy atom. The Morgan fingerprint density at radius 1 is 1.30 bits per heavy atom. The van der Waals surface area contributed by atoms with Crippen molar-refractivity contribution in [2.45, 2.75) is 26.3 Å². The topological polar surface area (TPSA) is 61.6 Å². The number of carbonyl (C=O) groups is 1. The molecule has 1 aromatic rings. The van der Waals surface area contributed by atoms with Crippen LogP contribution < -0.4 is 10.5 Å². The van der Waals surface area contributed by atoms with Crippen LogP contribution in [0.4, 0.5) is 13.2 Å². The largest absolute Gasteiger partial charge is 0.493 e. The fourth-order valence-electron chi connectivity index (χ4n) is 1.35. The molecule has 0 saturated carbocycles. The van der Waals surface area contributed by atoms with Crippen LogP contribution in [0, 0.1) is 5.92 Å². The van der Waals surface area contributed by atoms with Gasteiger partial charge in [0.25, 0.3) is 0 Å². The first-order valence-electron chi connectivity index (χ1n) is 5.97. The summed E-state index contributed by atoms with van der Waals surface area (Å²) in [4.78, 5) is 10.8. The molecule has 1 aromatic carbocycles. The molecule has 0 saturated heterocycles. The summed E-state index contributed by atoms with van der Waals surface area (Å²) in [5.74, 6) is -1.80. The average molecular weight is 291 g/mol. The van der Waals surface area contributed by atoms with E-state index in [4.69, 9.17) is 10.5 Å². The van der Waals surface area contributed by atoms with Gasteiger partial charge in [0, 0.05) is 5.56 Å². The standard InChI is InChI=1S/C13H16F3NO3/c1-8(2)7-19-10-6-4-3-5-9(10)11(17)20-12(18)13(14,15)16/h3-6,8,11H,7,17H2,1-2H3. The van der Waals surface area contributed by atoms with Gasteiger partial charge in [-0.15, -0.1) is 0 Å². The van der Waals surface area contributed by atoms with Crippen molar-refractivity contribution >= 4 is 5.97 Å². The summed E-state index contributed by atoms with van der Waals surface area (Å²) < 4.78 is 46.0. The van der Waals surface area contributed by atoms with Gasteiger partial charge in [0.15, 0.2) is 6.23 Å². The fourth-order valence-corrected chi connectivity index (χ4v) is 1.35. The second-order valence-corrected chi connectivity index (χ2v) is 4.57. The predicted molar refractivity (Wildman–Crippen MR) is 65.9 cm³/mol. The van der Waals surface area contributed by atoms with Crippen molar-refractivity contribution < 1.29 is 27.4 Å². The third-order valence-electron chi connectivity index (χ3n) is 2.26. The summed E-state index contributed by atoms with van der Waals surface area (Å²) in [6.07, 6.45) is -6.61. The zero-order valence-electron chi connectivity index (χ0n) is 11.1. The molecule has 0 aliphatic heterocycles. The summed E-state index contributed by atoms with van der Waals surface area (Å²) in [6.45, 7) is 4.22. The molecule has 112 valence electrons. The molecule has 7 heteroatoms. The minimum absolute atomic E-state index is 0.186. The fraction of sp³-hybridized carbons (Fsp3) is 0.462.